The molecule has 8 nitrogen and oxygen atoms in total. The van der Waals surface area contributed by atoms with Crippen LogP contribution in [0.25, 0.3) is 0 Å². The van der Waals surface area contributed by atoms with Gasteiger partial charge in [0.2, 0.25) is 0 Å². The third kappa shape index (κ3) is 0.994. The van der Waals surface area contributed by atoms with Gasteiger partial charge in [-0.2, -0.15) is 15.8 Å². The van der Waals surface area contributed by atoms with Gasteiger partial charge in [-0.3, -0.25) is 10.5 Å². The highest BCUT2D eigenvalue weighted by Crippen LogP contribution is 2.89. The highest BCUT2D eigenvalue weighted by Gasteiger charge is 3.08. The van der Waals surface area contributed by atoms with Crippen molar-refractivity contribution in [3.05, 3.63) is 0 Å². The molecule has 0 bridgehead atoms. The molecule has 1 saturated heterocycles. The molecule has 1 saturated carbocycles. The van der Waals surface area contributed by atoms with E-state index in [1.54, 1.807) is 12.1 Å². The summed E-state index contributed by atoms with van der Waals surface area (Å²) in [5, 5.41) is 28.7. The van der Waals surface area contributed by atoms with E-state index in [1.165, 1.54) is 28.1 Å². The minimum atomic E-state index is -2.12. The Hall–Kier alpha value is -2.02. The summed E-state index contributed by atoms with van der Waals surface area (Å²) in [5.74, 6) is -4.46. The second-order valence-corrected chi connectivity index (χ2v) is 5.27. The molecule has 4 atom stereocenters. The van der Waals surface area contributed by atoms with Gasteiger partial charge in [-0.25, -0.2) is 0 Å². The van der Waals surface area contributed by atoms with Crippen molar-refractivity contribution < 1.29 is 19.0 Å². The third-order valence-corrected chi connectivity index (χ3v) is 4.90. The molecular formula is C13H14N4O4. The van der Waals surface area contributed by atoms with Crippen LogP contribution in [0.15, 0.2) is 0 Å². The summed E-state index contributed by atoms with van der Waals surface area (Å²) in [7, 11) is 2.41. The number of nitrogens with two attached hydrogens (primary N) is 1. The first kappa shape index (κ1) is 15.4. The van der Waals surface area contributed by atoms with Crippen molar-refractivity contribution in [3.63, 3.8) is 0 Å². The fraction of sp³-hybridized carbons (Fsp3) is 0.692. The molecule has 2 fully saturated rings. The van der Waals surface area contributed by atoms with Gasteiger partial charge < -0.3 is 14.2 Å². The lowest BCUT2D eigenvalue weighted by Crippen LogP contribution is -2.55. The summed E-state index contributed by atoms with van der Waals surface area (Å²) >= 11 is 0. The van der Waals surface area contributed by atoms with Gasteiger partial charge in [0.1, 0.15) is 11.2 Å². The smallest absolute Gasteiger partial charge is 0.250 e. The van der Waals surface area contributed by atoms with Crippen LogP contribution in [0.4, 0.5) is 0 Å². The molecule has 8 heteroatoms. The Morgan fingerprint density at radius 3 is 1.95 bits per heavy atom. The van der Waals surface area contributed by atoms with E-state index >= 15 is 0 Å². The zero-order chi connectivity index (χ0) is 16.3. The van der Waals surface area contributed by atoms with Crippen LogP contribution in [0.1, 0.15) is 13.8 Å². The molecule has 110 valence electrons. The molecule has 0 unspecified atom stereocenters. The van der Waals surface area contributed by atoms with E-state index in [0.717, 1.165) is 0 Å². The molecule has 1 aliphatic carbocycles. The topological polar surface area (TPSA) is 142 Å². The van der Waals surface area contributed by atoms with Crippen LogP contribution in [0.5, 0.6) is 0 Å². The number of rotatable bonds is 3. The number of fused-ring (bicyclic) bond motifs is 1. The van der Waals surface area contributed by atoms with Crippen LogP contribution >= 0.6 is 0 Å². The molecule has 0 aromatic carbocycles. The van der Waals surface area contributed by atoms with Crippen LogP contribution < -0.4 is 5.73 Å². The Bertz CT molecular complexity index is 645. The molecule has 1 aliphatic heterocycles. The fourth-order valence-corrected chi connectivity index (χ4v) is 4.05. The van der Waals surface area contributed by atoms with Gasteiger partial charge in [0.25, 0.3) is 5.91 Å². The average Bonchev–Trinajstić information content (AvgIpc) is 3.00. The van der Waals surface area contributed by atoms with Gasteiger partial charge in [0, 0.05) is 14.2 Å². The lowest BCUT2D eigenvalue weighted by molar-refractivity contribution is -0.335. The second kappa shape index (κ2) is 3.79. The monoisotopic (exact) mass is 290 g/mol. The van der Waals surface area contributed by atoms with Crippen molar-refractivity contribution in [3.8, 4) is 18.2 Å². The number of nitrogens with zero attached hydrogens (tertiary/aromatic N) is 3. The maximum Gasteiger partial charge on any atom is 0.250 e. The van der Waals surface area contributed by atoms with E-state index in [4.69, 9.17) is 19.9 Å². The molecule has 21 heavy (non-hydrogen) atoms. The van der Waals surface area contributed by atoms with Crippen molar-refractivity contribution in [1.82, 2.24) is 0 Å². The van der Waals surface area contributed by atoms with Crippen molar-refractivity contribution in [1.29, 1.82) is 15.8 Å². The van der Waals surface area contributed by atoms with E-state index in [0.29, 0.717) is 0 Å². The SMILES string of the molecule is CO[C@]1(C)O[C@](N)(OC)[C@]2(C#N)C(C#N)(C#N)[C@@]12C(C)=O. The third-order valence-electron chi connectivity index (χ3n) is 4.90. The number of carbonyl (C=O) groups excluding carboxylic acids is 1. The molecule has 2 N–H and O–H groups in total. The molecule has 0 amide bonds. The maximum absolute atomic E-state index is 12.4. The first-order valence-electron chi connectivity index (χ1n) is 6.05. The number of Topliss-reactive ketones (excluding diaryl/α,β-unsaturated/α-hetero) is 1. The number of nitriles is 3. The zero-order valence-electron chi connectivity index (χ0n) is 12.1. The molecular weight excluding hydrogens is 276 g/mol. The van der Waals surface area contributed by atoms with Gasteiger partial charge in [0.05, 0.1) is 18.2 Å². The molecule has 0 radical (unpaired) electrons. The maximum atomic E-state index is 12.4. The highest BCUT2D eigenvalue weighted by molar-refractivity contribution is 5.95. The lowest BCUT2D eigenvalue weighted by atomic mass is 9.82. The van der Waals surface area contributed by atoms with Crippen molar-refractivity contribution >= 4 is 5.78 Å². The van der Waals surface area contributed by atoms with Gasteiger partial charge in [-0.15, -0.1) is 0 Å². The molecule has 1 heterocycles. The Balaban J connectivity index is 2.97. The summed E-state index contributed by atoms with van der Waals surface area (Å²) in [5.41, 5.74) is 0.128. The van der Waals surface area contributed by atoms with E-state index in [2.05, 4.69) is 0 Å². The minimum absolute atomic E-state index is 0.596. The Labute approximate surface area is 121 Å². The van der Waals surface area contributed by atoms with Crippen molar-refractivity contribution in [2.45, 2.75) is 25.5 Å². The summed E-state index contributed by atoms with van der Waals surface area (Å²) < 4.78 is 15.8. The number of ether oxygens (including phenoxy) is 3. The fourth-order valence-electron chi connectivity index (χ4n) is 4.05. The van der Waals surface area contributed by atoms with Crippen molar-refractivity contribution in [2.24, 2.45) is 22.0 Å². The van der Waals surface area contributed by atoms with Crippen LogP contribution in [0.2, 0.25) is 0 Å². The predicted molar refractivity (Wildman–Crippen MR) is 65.2 cm³/mol. The van der Waals surface area contributed by atoms with E-state index in [1.807, 2.05) is 6.07 Å². The Kier molecular flexibility index (Phi) is 2.77. The molecule has 0 aromatic heterocycles. The van der Waals surface area contributed by atoms with Crippen LogP contribution in [0.3, 0.4) is 0 Å². The summed E-state index contributed by atoms with van der Waals surface area (Å²) in [6.07, 6.45) is 0. The summed E-state index contributed by atoms with van der Waals surface area (Å²) in [6, 6.07) is 5.38. The zero-order valence-corrected chi connectivity index (χ0v) is 12.1. The molecule has 0 spiro atoms. The van der Waals surface area contributed by atoms with Gasteiger partial charge in [0.15, 0.2) is 16.6 Å². The van der Waals surface area contributed by atoms with E-state index in [-0.39, 0.29) is 0 Å². The molecule has 2 aliphatic rings. The Morgan fingerprint density at radius 1 is 1.14 bits per heavy atom. The normalized spacial score (nSPS) is 45.8. The van der Waals surface area contributed by atoms with E-state index < -0.39 is 33.7 Å². The number of carbonyl (C=O) groups is 1. The number of hydrogen-bond acceptors (Lipinski definition) is 8. The first-order valence-corrected chi connectivity index (χ1v) is 6.05. The predicted octanol–water partition coefficient (Wildman–Crippen LogP) is -0.229. The van der Waals surface area contributed by atoms with Crippen LogP contribution in [-0.4, -0.2) is 31.7 Å². The van der Waals surface area contributed by atoms with Crippen LogP contribution in [0, 0.1) is 50.2 Å². The molecule has 0 aromatic rings. The second-order valence-electron chi connectivity index (χ2n) is 5.27. The molecule has 2 rings (SSSR count). The largest absolute Gasteiger partial charge is 0.352 e. The highest BCUT2D eigenvalue weighted by atomic mass is 16.8. The van der Waals surface area contributed by atoms with Gasteiger partial charge >= 0.3 is 0 Å². The quantitative estimate of drug-likeness (QED) is 0.702. The average molecular weight is 290 g/mol. The van der Waals surface area contributed by atoms with Crippen molar-refractivity contribution in [2.75, 3.05) is 14.2 Å². The summed E-state index contributed by atoms with van der Waals surface area (Å²) in [4.78, 5) is 12.4. The van der Waals surface area contributed by atoms with Crippen LogP contribution in [-0.2, 0) is 19.0 Å². The first-order chi connectivity index (χ1) is 9.70. The summed E-state index contributed by atoms with van der Waals surface area (Å²) in [6.45, 7) is 2.54. The minimum Gasteiger partial charge on any atom is -0.352 e. The Morgan fingerprint density at radius 2 is 1.67 bits per heavy atom. The van der Waals surface area contributed by atoms with Gasteiger partial charge in [-0.1, -0.05) is 0 Å². The number of ketones is 1. The van der Waals surface area contributed by atoms with Gasteiger partial charge in [-0.05, 0) is 13.8 Å². The van der Waals surface area contributed by atoms with E-state index in [9.17, 15) is 20.6 Å². The number of hydrogen-bond donors (Lipinski definition) is 1. The standard InChI is InChI=1S/C13H14N4O4/c1-8(18)12-9(2,19-3)21-13(17,20-4)11(12,7-16)10(12,5-14)6-15/h17H2,1-4H3/t9-,11-,12-,13-/m1/s1. The number of methoxy groups -OCH3 is 2. The lowest BCUT2D eigenvalue weighted by Gasteiger charge is -2.37.